The molecule has 1 aromatic heterocycles. The van der Waals surface area contributed by atoms with Crippen LogP contribution in [-0.2, 0) is 9.59 Å². The van der Waals surface area contributed by atoms with Gasteiger partial charge < -0.3 is 9.84 Å². The first-order valence-corrected chi connectivity index (χ1v) is 10.7. The highest BCUT2D eigenvalue weighted by Crippen LogP contribution is 2.43. The lowest BCUT2D eigenvalue weighted by Gasteiger charge is -2.25. The predicted molar refractivity (Wildman–Crippen MR) is 122 cm³/mol. The van der Waals surface area contributed by atoms with Gasteiger partial charge in [0.15, 0.2) is 0 Å². The summed E-state index contributed by atoms with van der Waals surface area (Å²) in [5.74, 6) is -3.56. The molecule has 2 aromatic carbocycles. The van der Waals surface area contributed by atoms with E-state index in [0.717, 1.165) is 35.1 Å². The zero-order valence-corrected chi connectivity index (χ0v) is 18.6. The number of carbonyl (C=O) groups excluding carboxylic acids is 2. The summed E-state index contributed by atoms with van der Waals surface area (Å²) in [4.78, 5) is 31.0. The van der Waals surface area contributed by atoms with Crippen LogP contribution in [0.2, 0.25) is 0 Å². The first-order chi connectivity index (χ1) is 16.3. The van der Waals surface area contributed by atoms with Crippen LogP contribution in [-0.4, -0.2) is 28.4 Å². The molecule has 1 aliphatic heterocycles. The van der Waals surface area contributed by atoms with Crippen LogP contribution in [0.3, 0.4) is 0 Å². The fraction of sp³-hybridized carbons (Fsp3) is 0.192. The molecule has 0 saturated carbocycles. The van der Waals surface area contributed by atoms with E-state index >= 15 is 0 Å². The van der Waals surface area contributed by atoms with Crippen molar-refractivity contribution in [3.63, 3.8) is 0 Å². The molecule has 0 radical (unpaired) electrons. The number of Topliss-reactive ketones (excluding diaryl/α,β-unsaturated/α-hetero) is 1. The Morgan fingerprint density at radius 1 is 1.15 bits per heavy atom. The number of rotatable bonds is 6. The Balaban J connectivity index is 1.89. The van der Waals surface area contributed by atoms with Crippen LogP contribution in [0.25, 0.3) is 5.76 Å². The summed E-state index contributed by atoms with van der Waals surface area (Å²) in [5, 5.41) is 11.2. The van der Waals surface area contributed by atoms with Crippen LogP contribution in [0.4, 0.5) is 14.5 Å². The fourth-order valence-electron chi connectivity index (χ4n) is 3.93. The van der Waals surface area contributed by atoms with Gasteiger partial charge in [0.1, 0.15) is 23.1 Å². The van der Waals surface area contributed by atoms with Crippen molar-refractivity contribution in [3.8, 4) is 5.75 Å². The van der Waals surface area contributed by atoms with Gasteiger partial charge in [-0.15, -0.1) is 0 Å². The van der Waals surface area contributed by atoms with E-state index in [4.69, 9.17) is 4.74 Å². The average molecular weight is 464 g/mol. The second-order valence-electron chi connectivity index (χ2n) is 7.88. The number of aliphatic hydroxyl groups is 1. The summed E-state index contributed by atoms with van der Waals surface area (Å²) in [6.45, 7) is 4.30. The smallest absolute Gasteiger partial charge is 0.300 e. The number of carbonyl (C=O) groups is 2. The lowest BCUT2D eigenvalue weighted by molar-refractivity contribution is -0.132. The number of aromatic nitrogens is 1. The Morgan fingerprint density at radius 3 is 2.62 bits per heavy atom. The number of hydrogen-bond acceptors (Lipinski definition) is 5. The van der Waals surface area contributed by atoms with E-state index in [1.807, 2.05) is 6.92 Å². The standard InChI is InChI=1S/C26H22F2N2O4/c1-3-11-34-21-9-6-16(12-15(21)2)24(31)22-23(17-5-4-10-29-14-17)30(26(33)25(22)32)20-13-18(27)7-8-19(20)28/h4-10,12-14,23,31H,3,11H2,1-2H3/b24-22+. The Morgan fingerprint density at radius 2 is 1.94 bits per heavy atom. The Bertz CT molecular complexity index is 1290. The highest BCUT2D eigenvalue weighted by atomic mass is 19.1. The van der Waals surface area contributed by atoms with Crippen LogP contribution in [0, 0.1) is 18.6 Å². The predicted octanol–water partition coefficient (Wildman–Crippen LogP) is 5.08. The number of ketones is 1. The van der Waals surface area contributed by atoms with Crippen LogP contribution in [0.15, 0.2) is 66.5 Å². The highest BCUT2D eigenvalue weighted by Gasteiger charge is 2.48. The number of nitrogens with zero attached hydrogens (tertiary/aromatic N) is 2. The van der Waals surface area contributed by atoms with Crippen LogP contribution < -0.4 is 9.64 Å². The molecule has 1 N–H and O–H groups in total. The maximum atomic E-state index is 14.7. The second-order valence-corrected chi connectivity index (χ2v) is 7.88. The number of amides is 1. The number of halogens is 2. The summed E-state index contributed by atoms with van der Waals surface area (Å²) >= 11 is 0. The highest BCUT2D eigenvalue weighted by molar-refractivity contribution is 6.51. The van der Waals surface area contributed by atoms with Crippen molar-refractivity contribution in [1.29, 1.82) is 0 Å². The van der Waals surface area contributed by atoms with Gasteiger partial charge in [0.05, 0.1) is 23.9 Å². The van der Waals surface area contributed by atoms with E-state index < -0.39 is 40.8 Å². The van der Waals surface area contributed by atoms with Crippen molar-refractivity contribution in [1.82, 2.24) is 4.98 Å². The molecule has 1 atom stereocenters. The SMILES string of the molecule is CCCOc1ccc(/C(O)=C2\C(=O)C(=O)N(c3cc(F)ccc3F)C2c2cccnc2)cc1C. The van der Waals surface area contributed by atoms with E-state index in [-0.39, 0.29) is 11.1 Å². The van der Waals surface area contributed by atoms with E-state index in [1.54, 1.807) is 37.3 Å². The normalized spacial score (nSPS) is 17.3. The minimum atomic E-state index is -1.21. The molecule has 0 aliphatic carbocycles. The third kappa shape index (κ3) is 4.14. The molecule has 1 unspecified atom stereocenters. The first-order valence-electron chi connectivity index (χ1n) is 10.7. The molecule has 3 aromatic rings. The van der Waals surface area contributed by atoms with Gasteiger partial charge in [-0.05, 0) is 60.9 Å². The van der Waals surface area contributed by atoms with Crippen LogP contribution >= 0.6 is 0 Å². The van der Waals surface area contributed by atoms with Crippen molar-refractivity contribution in [3.05, 3.63) is 94.8 Å². The van der Waals surface area contributed by atoms with Crippen LogP contribution in [0.1, 0.15) is 36.1 Å². The number of aryl methyl sites for hydroxylation is 1. The third-order valence-electron chi connectivity index (χ3n) is 5.52. The number of benzene rings is 2. The van der Waals surface area contributed by atoms with Gasteiger partial charge in [-0.1, -0.05) is 13.0 Å². The van der Waals surface area contributed by atoms with Crippen LogP contribution in [0.5, 0.6) is 5.75 Å². The lowest BCUT2D eigenvalue weighted by atomic mass is 9.95. The van der Waals surface area contributed by atoms with Gasteiger partial charge in [0.25, 0.3) is 11.7 Å². The van der Waals surface area contributed by atoms with Gasteiger partial charge in [-0.3, -0.25) is 19.5 Å². The molecule has 6 nitrogen and oxygen atoms in total. The molecular weight excluding hydrogens is 442 g/mol. The van der Waals surface area contributed by atoms with E-state index in [9.17, 15) is 23.5 Å². The molecule has 34 heavy (non-hydrogen) atoms. The molecule has 2 heterocycles. The van der Waals surface area contributed by atoms with Crippen molar-refractivity contribution in [2.75, 3.05) is 11.5 Å². The van der Waals surface area contributed by atoms with Crippen molar-refractivity contribution in [2.24, 2.45) is 0 Å². The molecule has 1 saturated heterocycles. The number of hydrogen-bond donors (Lipinski definition) is 1. The maximum absolute atomic E-state index is 14.7. The minimum absolute atomic E-state index is 0.247. The fourth-order valence-corrected chi connectivity index (χ4v) is 3.93. The van der Waals surface area contributed by atoms with Crippen molar-refractivity contribution >= 4 is 23.1 Å². The van der Waals surface area contributed by atoms with E-state index in [0.29, 0.717) is 17.9 Å². The Hall–Kier alpha value is -4.07. The average Bonchev–Trinajstić information content (AvgIpc) is 3.10. The monoisotopic (exact) mass is 464 g/mol. The Kier molecular flexibility index (Phi) is 6.40. The summed E-state index contributed by atoms with van der Waals surface area (Å²) in [5.41, 5.74) is 0.707. The number of aliphatic hydroxyl groups excluding tert-OH is 1. The van der Waals surface area contributed by atoms with Crippen molar-refractivity contribution < 1.29 is 28.2 Å². The molecule has 1 amide bonds. The Labute approximate surface area is 195 Å². The largest absolute Gasteiger partial charge is 0.507 e. The van der Waals surface area contributed by atoms with E-state index in [2.05, 4.69) is 4.98 Å². The quantitative estimate of drug-likeness (QED) is 0.313. The minimum Gasteiger partial charge on any atom is -0.507 e. The zero-order valence-electron chi connectivity index (χ0n) is 18.6. The zero-order chi connectivity index (χ0) is 24.4. The summed E-state index contributed by atoms with van der Waals surface area (Å²) in [6.07, 6.45) is 3.73. The van der Waals surface area contributed by atoms with Gasteiger partial charge in [-0.2, -0.15) is 0 Å². The molecule has 8 heteroatoms. The molecule has 0 spiro atoms. The third-order valence-corrected chi connectivity index (χ3v) is 5.52. The molecular formula is C26H22F2N2O4. The summed E-state index contributed by atoms with van der Waals surface area (Å²) < 4.78 is 34.3. The molecule has 1 aliphatic rings. The molecule has 0 bridgehead atoms. The maximum Gasteiger partial charge on any atom is 0.300 e. The number of anilines is 1. The summed E-state index contributed by atoms with van der Waals surface area (Å²) in [7, 11) is 0. The van der Waals surface area contributed by atoms with Gasteiger partial charge in [-0.25, -0.2) is 8.78 Å². The molecule has 174 valence electrons. The molecule has 1 fully saturated rings. The molecule has 4 rings (SSSR count). The van der Waals surface area contributed by atoms with Gasteiger partial charge in [0, 0.05) is 24.0 Å². The van der Waals surface area contributed by atoms with Crippen molar-refractivity contribution in [2.45, 2.75) is 26.3 Å². The van der Waals surface area contributed by atoms with Gasteiger partial charge >= 0.3 is 0 Å². The topological polar surface area (TPSA) is 79.7 Å². The van der Waals surface area contributed by atoms with Gasteiger partial charge in [0.2, 0.25) is 0 Å². The summed E-state index contributed by atoms with van der Waals surface area (Å²) in [6, 6.07) is 9.48. The second kappa shape index (κ2) is 9.43. The number of ether oxygens (including phenoxy) is 1. The number of pyridine rings is 1. The van der Waals surface area contributed by atoms with E-state index in [1.165, 1.54) is 12.4 Å². The lowest BCUT2D eigenvalue weighted by Crippen LogP contribution is -2.30. The first kappa shape index (κ1) is 23.1.